The van der Waals surface area contributed by atoms with Crippen molar-refractivity contribution < 1.29 is 0 Å². The van der Waals surface area contributed by atoms with Gasteiger partial charge in [-0.15, -0.1) is 0 Å². The summed E-state index contributed by atoms with van der Waals surface area (Å²) in [5, 5.41) is 0. The SMILES string of the molecule is CCC(N)CN1CCCSCC1. The minimum Gasteiger partial charge on any atom is -0.327 e. The summed E-state index contributed by atoms with van der Waals surface area (Å²) in [7, 11) is 0. The lowest BCUT2D eigenvalue weighted by Crippen LogP contribution is -2.38. The van der Waals surface area contributed by atoms with Gasteiger partial charge in [0, 0.05) is 24.9 Å². The van der Waals surface area contributed by atoms with E-state index < -0.39 is 0 Å². The third-order valence-corrected chi connectivity index (χ3v) is 3.38. The molecule has 0 aliphatic carbocycles. The predicted octanol–water partition coefficient (Wildman–Crippen LogP) is 1.16. The molecule has 1 aliphatic rings. The fraction of sp³-hybridized carbons (Fsp3) is 1.00. The molecule has 0 spiro atoms. The number of nitrogens with two attached hydrogens (primary N) is 1. The van der Waals surface area contributed by atoms with Gasteiger partial charge in [-0.25, -0.2) is 0 Å². The summed E-state index contributed by atoms with van der Waals surface area (Å²) in [6, 6.07) is 0.382. The molecular formula is C9H20N2S. The molecule has 0 aromatic rings. The summed E-state index contributed by atoms with van der Waals surface area (Å²) in [4.78, 5) is 2.51. The molecule has 1 saturated heterocycles. The van der Waals surface area contributed by atoms with E-state index in [0.29, 0.717) is 6.04 Å². The normalized spacial score (nSPS) is 23.5. The van der Waals surface area contributed by atoms with Crippen molar-refractivity contribution in [2.24, 2.45) is 5.73 Å². The number of thioether (sulfide) groups is 1. The van der Waals surface area contributed by atoms with E-state index in [2.05, 4.69) is 23.6 Å². The van der Waals surface area contributed by atoms with Gasteiger partial charge in [-0.3, -0.25) is 0 Å². The molecule has 2 N–H and O–H groups in total. The summed E-state index contributed by atoms with van der Waals surface area (Å²) >= 11 is 2.07. The Morgan fingerprint density at radius 3 is 3.00 bits per heavy atom. The summed E-state index contributed by atoms with van der Waals surface area (Å²) in [6.07, 6.45) is 2.44. The van der Waals surface area contributed by atoms with Crippen molar-refractivity contribution in [3.8, 4) is 0 Å². The zero-order valence-electron chi connectivity index (χ0n) is 7.96. The first-order valence-corrected chi connectivity index (χ1v) is 6.04. The second kappa shape index (κ2) is 5.84. The van der Waals surface area contributed by atoms with E-state index >= 15 is 0 Å². The van der Waals surface area contributed by atoms with Gasteiger partial charge in [0.25, 0.3) is 0 Å². The Bertz CT molecular complexity index is 111. The van der Waals surface area contributed by atoms with E-state index in [1.54, 1.807) is 0 Å². The quantitative estimate of drug-likeness (QED) is 0.721. The highest BCUT2D eigenvalue weighted by atomic mass is 32.2. The summed E-state index contributed by atoms with van der Waals surface area (Å²) in [5.74, 6) is 2.62. The Balaban J connectivity index is 2.20. The molecular weight excluding hydrogens is 168 g/mol. The van der Waals surface area contributed by atoms with Crippen molar-refractivity contribution in [3.63, 3.8) is 0 Å². The van der Waals surface area contributed by atoms with Gasteiger partial charge < -0.3 is 10.6 Å². The highest BCUT2D eigenvalue weighted by molar-refractivity contribution is 7.99. The topological polar surface area (TPSA) is 29.3 Å². The maximum Gasteiger partial charge on any atom is 0.0165 e. The van der Waals surface area contributed by atoms with Gasteiger partial charge >= 0.3 is 0 Å². The average molecular weight is 188 g/mol. The van der Waals surface area contributed by atoms with Crippen molar-refractivity contribution in [1.29, 1.82) is 0 Å². The van der Waals surface area contributed by atoms with Crippen LogP contribution in [0, 0.1) is 0 Å². The van der Waals surface area contributed by atoms with Crippen molar-refractivity contribution in [2.45, 2.75) is 25.8 Å². The predicted molar refractivity (Wildman–Crippen MR) is 56.6 cm³/mol. The van der Waals surface area contributed by atoms with Crippen LogP contribution in [0.2, 0.25) is 0 Å². The Kier molecular flexibility index (Phi) is 5.04. The molecule has 2 nitrogen and oxygen atoms in total. The molecule has 0 bridgehead atoms. The summed E-state index contributed by atoms with van der Waals surface area (Å²) < 4.78 is 0. The van der Waals surface area contributed by atoms with Gasteiger partial charge in [0.1, 0.15) is 0 Å². The first-order chi connectivity index (χ1) is 5.83. The van der Waals surface area contributed by atoms with Crippen molar-refractivity contribution >= 4 is 11.8 Å². The van der Waals surface area contributed by atoms with Crippen LogP contribution in [0.5, 0.6) is 0 Å². The molecule has 1 unspecified atom stereocenters. The molecule has 0 aromatic heterocycles. The number of rotatable bonds is 3. The minimum atomic E-state index is 0.382. The molecule has 1 aliphatic heterocycles. The average Bonchev–Trinajstić information content (AvgIpc) is 2.33. The molecule has 0 aromatic carbocycles. The minimum absolute atomic E-state index is 0.382. The van der Waals surface area contributed by atoms with Crippen LogP contribution in [0.3, 0.4) is 0 Å². The summed E-state index contributed by atoms with van der Waals surface area (Å²) in [6.45, 7) is 5.74. The lowest BCUT2D eigenvalue weighted by Gasteiger charge is -2.22. The van der Waals surface area contributed by atoms with Crippen molar-refractivity contribution in [2.75, 3.05) is 31.1 Å². The second-order valence-electron chi connectivity index (χ2n) is 3.43. The van der Waals surface area contributed by atoms with E-state index in [1.165, 1.54) is 31.0 Å². The Hall–Kier alpha value is 0.270. The van der Waals surface area contributed by atoms with Gasteiger partial charge in [0.15, 0.2) is 0 Å². The zero-order valence-corrected chi connectivity index (χ0v) is 8.78. The van der Waals surface area contributed by atoms with Crippen LogP contribution in [-0.4, -0.2) is 42.1 Å². The smallest absolute Gasteiger partial charge is 0.0165 e. The van der Waals surface area contributed by atoms with Crippen LogP contribution in [-0.2, 0) is 0 Å². The maximum absolute atomic E-state index is 5.91. The third-order valence-electron chi connectivity index (χ3n) is 2.33. The fourth-order valence-corrected chi connectivity index (χ4v) is 2.37. The van der Waals surface area contributed by atoms with Crippen LogP contribution >= 0.6 is 11.8 Å². The highest BCUT2D eigenvalue weighted by Crippen LogP contribution is 2.10. The van der Waals surface area contributed by atoms with Crippen molar-refractivity contribution in [1.82, 2.24) is 4.90 Å². The van der Waals surface area contributed by atoms with Gasteiger partial charge in [0.05, 0.1) is 0 Å². The van der Waals surface area contributed by atoms with Gasteiger partial charge in [-0.2, -0.15) is 11.8 Å². The second-order valence-corrected chi connectivity index (χ2v) is 4.66. The Labute approximate surface area is 79.9 Å². The van der Waals surface area contributed by atoms with Crippen LogP contribution in [0.1, 0.15) is 19.8 Å². The Morgan fingerprint density at radius 2 is 2.25 bits per heavy atom. The lowest BCUT2D eigenvalue weighted by molar-refractivity contribution is 0.273. The first kappa shape index (κ1) is 10.4. The number of hydrogen-bond donors (Lipinski definition) is 1. The molecule has 0 saturated carbocycles. The van der Waals surface area contributed by atoms with Crippen LogP contribution in [0.25, 0.3) is 0 Å². The molecule has 1 fully saturated rings. The number of nitrogens with zero attached hydrogens (tertiary/aromatic N) is 1. The molecule has 1 atom stereocenters. The van der Waals surface area contributed by atoms with Gasteiger partial charge in [0.2, 0.25) is 0 Å². The molecule has 1 heterocycles. The molecule has 1 rings (SSSR count). The van der Waals surface area contributed by atoms with E-state index in [0.717, 1.165) is 13.0 Å². The standard InChI is InChI=1S/C9H20N2S/c1-2-9(10)8-11-4-3-6-12-7-5-11/h9H,2-8,10H2,1H3. The number of hydrogen-bond acceptors (Lipinski definition) is 3. The van der Waals surface area contributed by atoms with E-state index in [4.69, 9.17) is 5.73 Å². The van der Waals surface area contributed by atoms with Crippen LogP contribution < -0.4 is 5.73 Å². The largest absolute Gasteiger partial charge is 0.327 e. The van der Waals surface area contributed by atoms with E-state index in [9.17, 15) is 0 Å². The van der Waals surface area contributed by atoms with Gasteiger partial charge in [-0.1, -0.05) is 6.92 Å². The van der Waals surface area contributed by atoms with E-state index in [1.807, 2.05) is 0 Å². The maximum atomic E-state index is 5.91. The van der Waals surface area contributed by atoms with Crippen molar-refractivity contribution in [3.05, 3.63) is 0 Å². The monoisotopic (exact) mass is 188 g/mol. The Morgan fingerprint density at radius 1 is 1.42 bits per heavy atom. The molecule has 3 heteroatoms. The highest BCUT2D eigenvalue weighted by Gasteiger charge is 2.11. The zero-order chi connectivity index (χ0) is 8.81. The lowest BCUT2D eigenvalue weighted by atomic mass is 10.2. The molecule has 0 amide bonds. The summed E-state index contributed by atoms with van der Waals surface area (Å²) in [5.41, 5.74) is 5.91. The third kappa shape index (κ3) is 3.78. The fourth-order valence-electron chi connectivity index (χ4n) is 1.44. The molecule has 72 valence electrons. The van der Waals surface area contributed by atoms with Crippen LogP contribution in [0.4, 0.5) is 0 Å². The van der Waals surface area contributed by atoms with Gasteiger partial charge in [-0.05, 0) is 25.1 Å². The van der Waals surface area contributed by atoms with E-state index in [-0.39, 0.29) is 0 Å². The first-order valence-electron chi connectivity index (χ1n) is 4.88. The molecule has 0 radical (unpaired) electrons. The van der Waals surface area contributed by atoms with Crippen LogP contribution in [0.15, 0.2) is 0 Å². The molecule has 12 heavy (non-hydrogen) atoms.